The lowest BCUT2D eigenvalue weighted by Gasteiger charge is -2.29. The molecule has 1 unspecified atom stereocenters. The third-order valence-electron chi connectivity index (χ3n) is 4.86. The maximum Gasteiger partial charge on any atom is 0.242 e. The van der Waals surface area contributed by atoms with Crippen LogP contribution >= 0.6 is 11.3 Å². The molecule has 5 nitrogen and oxygen atoms in total. The fourth-order valence-corrected chi connectivity index (χ4v) is 4.19. The molecule has 0 fully saturated rings. The number of hydrogen-bond donors (Lipinski definition) is 2. The predicted octanol–water partition coefficient (Wildman–Crippen LogP) is 2.68. The molecule has 0 saturated heterocycles. The molecule has 0 saturated carbocycles. The summed E-state index contributed by atoms with van der Waals surface area (Å²) < 4.78 is 0. The van der Waals surface area contributed by atoms with E-state index in [9.17, 15) is 4.79 Å². The van der Waals surface area contributed by atoms with Crippen LogP contribution in [0.3, 0.4) is 0 Å². The largest absolute Gasteiger partial charge is 0.356 e. The number of guanidine groups is 1. The van der Waals surface area contributed by atoms with Crippen molar-refractivity contribution in [3.63, 3.8) is 0 Å². The Morgan fingerprint density at radius 2 is 2.04 bits per heavy atom. The minimum absolute atomic E-state index is 0.110. The maximum atomic E-state index is 12.6. The summed E-state index contributed by atoms with van der Waals surface area (Å²) in [6, 6.07) is 12.6. The van der Waals surface area contributed by atoms with Crippen molar-refractivity contribution in [1.29, 1.82) is 0 Å². The highest BCUT2D eigenvalue weighted by Gasteiger charge is 2.20. The number of thiophene rings is 1. The zero-order valence-corrected chi connectivity index (χ0v) is 16.9. The van der Waals surface area contributed by atoms with E-state index in [1.54, 1.807) is 18.4 Å². The molecule has 2 N–H and O–H groups in total. The second-order valence-corrected chi connectivity index (χ2v) is 8.06. The lowest BCUT2D eigenvalue weighted by molar-refractivity contribution is -0.130. The zero-order valence-electron chi connectivity index (χ0n) is 16.1. The Balaban J connectivity index is 1.42. The molecule has 1 aromatic heterocycles. The monoisotopic (exact) mass is 384 g/mol. The highest BCUT2D eigenvalue weighted by molar-refractivity contribution is 7.09. The Morgan fingerprint density at radius 3 is 2.78 bits per heavy atom. The number of carbonyl (C=O) groups is 1. The molecule has 1 amide bonds. The third-order valence-corrected chi connectivity index (χ3v) is 5.76. The van der Waals surface area contributed by atoms with Crippen LogP contribution in [0.25, 0.3) is 0 Å². The van der Waals surface area contributed by atoms with Gasteiger partial charge in [-0.3, -0.25) is 9.79 Å². The van der Waals surface area contributed by atoms with E-state index in [-0.39, 0.29) is 12.5 Å². The van der Waals surface area contributed by atoms with E-state index in [1.807, 2.05) is 11.0 Å². The van der Waals surface area contributed by atoms with Crippen LogP contribution < -0.4 is 10.6 Å². The van der Waals surface area contributed by atoms with Crippen LogP contribution in [0.15, 0.2) is 46.8 Å². The van der Waals surface area contributed by atoms with Crippen molar-refractivity contribution < 1.29 is 4.79 Å². The van der Waals surface area contributed by atoms with E-state index in [2.05, 4.69) is 58.3 Å². The van der Waals surface area contributed by atoms with Crippen molar-refractivity contribution in [3.8, 4) is 0 Å². The summed E-state index contributed by atoms with van der Waals surface area (Å²) in [6.45, 7) is 4.78. The van der Waals surface area contributed by atoms with Gasteiger partial charge in [-0.2, -0.15) is 0 Å². The van der Waals surface area contributed by atoms with Crippen LogP contribution in [0.1, 0.15) is 22.9 Å². The molecule has 0 radical (unpaired) electrons. The summed E-state index contributed by atoms with van der Waals surface area (Å²) >= 11 is 1.79. The molecule has 1 atom stereocenters. The van der Waals surface area contributed by atoms with E-state index in [0.717, 1.165) is 25.9 Å². The molecule has 1 aromatic carbocycles. The van der Waals surface area contributed by atoms with E-state index >= 15 is 0 Å². The number of rotatable bonds is 6. The third kappa shape index (κ3) is 5.57. The van der Waals surface area contributed by atoms with E-state index in [0.29, 0.717) is 18.4 Å². The van der Waals surface area contributed by atoms with Gasteiger partial charge >= 0.3 is 0 Å². The van der Waals surface area contributed by atoms with Crippen LogP contribution in [0.5, 0.6) is 0 Å². The van der Waals surface area contributed by atoms with Gasteiger partial charge in [0.25, 0.3) is 0 Å². The van der Waals surface area contributed by atoms with Crippen LogP contribution in [0.2, 0.25) is 0 Å². The number of amides is 1. The summed E-state index contributed by atoms with van der Waals surface area (Å²) in [4.78, 5) is 20.1. The van der Waals surface area contributed by atoms with E-state index in [1.165, 1.54) is 16.0 Å². The van der Waals surface area contributed by atoms with Gasteiger partial charge in [0.05, 0.1) is 6.54 Å². The summed E-state index contributed by atoms with van der Waals surface area (Å²) in [7, 11) is 1.74. The summed E-state index contributed by atoms with van der Waals surface area (Å²) in [5.41, 5.74) is 2.61. The quantitative estimate of drug-likeness (QED) is 0.595. The second-order valence-electron chi connectivity index (χ2n) is 7.03. The van der Waals surface area contributed by atoms with Gasteiger partial charge in [0.1, 0.15) is 0 Å². The minimum atomic E-state index is 0.110. The first-order chi connectivity index (χ1) is 13.2. The average molecular weight is 385 g/mol. The number of aliphatic imine (C=N–C) groups is 1. The van der Waals surface area contributed by atoms with Crippen molar-refractivity contribution in [2.45, 2.75) is 26.3 Å². The van der Waals surface area contributed by atoms with Gasteiger partial charge in [-0.25, -0.2) is 0 Å². The highest BCUT2D eigenvalue weighted by atomic mass is 32.1. The molecule has 6 heteroatoms. The molecule has 2 aromatic rings. The first kappa shape index (κ1) is 19.4. The Labute approximate surface area is 165 Å². The van der Waals surface area contributed by atoms with Gasteiger partial charge in [-0.1, -0.05) is 37.3 Å². The van der Waals surface area contributed by atoms with Gasteiger partial charge in [-0.05, 0) is 41.3 Å². The average Bonchev–Trinajstić information content (AvgIpc) is 3.20. The predicted molar refractivity (Wildman–Crippen MR) is 112 cm³/mol. The summed E-state index contributed by atoms with van der Waals surface area (Å²) in [5, 5.41) is 8.59. The van der Waals surface area contributed by atoms with Gasteiger partial charge in [0, 0.05) is 31.6 Å². The lowest BCUT2D eigenvalue weighted by atomic mass is 10.00. The van der Waals surface area contributed by atoms with Gasteiger partial charge in [0.2, 0.25) is 5.91 Å². The number of benzene rings is 1. The summed E-state index contributed by atoms with van der Waals surface area (Å²) in [5.74, 6) is 1.29. The Bertz CT molecular complexity index is 772. The van der Waals surface area contributed by atoms with Gasteiger partial charge in [0.15, 0.2) is 5.96 Å². The topological polar surface area (TPSA) is 56.7 Å². The molecule has 0 spiro atoms. The lowest BCUT2D eigenvalue weighted by Crippen LogP contribution is -2.46. The van der Waals surface area contributed by atoms with Gasteiger partial charge in [-0.15, -0.1) is 11.3 Å². The highest BCUT2D eigenvalue weighted by Crippen LogP contribution is 2.18. The van der Waals surface area contributed by atoms with E-state index in [4.69, 9.17) is 0 Å². The van der Waals surface area contributed by atoms with Crippen LogP contribution in [0.4, 0.5) is 0 Å². The second kappa shape index (κ2) is 9.55. The molecule has 1 aliphatic heterocycles. The smallest absolute Gasteiger partial charge is 0.242 e. The number of hydrogen-bond acceptors (Lipinski definition) is 3. The van der Waals surface area contributed by atoms with Crippen LogP contribution in [-0.2, 0) is 24.2 Å². The Kier molecular flexibility index (Phi) is 6.87. The first-order valence-corrected chi connectivity index (χ1v) is 10.3. The van der Waals surface area contributed by atoms with Crippen molar-refractivity contribution >= 4 is 23.2 Å². The fraction of sp³-hybridized carbons (Fsp3) is 0.429. The molecule has 0 bridgehead atoms. The van der Waals surface area contributed by atoms with Crippen molar-refractivity contribution in [2.24, 2.45) is 10.9 Å². The Morgan fingerprint density at radius 1 is 1.22 bits per heavy atom. The number of carbonyl (C=O) groups excluding carboxylic acids is 1. The molecule has 27 heavy (non-hydrogen) atoms. The first-order valence-electron chi connectivity index (χ1n) is 9.47. The maximum absolute atomic E-state index is 12.6. The summed E-state index contributed by atoms with van der Waals surface area (Å²) in [6.07, 6.45) is 1.98. The molecule has 2 heterocycles. The van der Waals surface area contributed by atoms with Crippen molar-refractivity contribution in [3.05, 3.63) is 57.8 Å². The molecular formula is C21H28N4OS. The SMILES string of the molecule is CN=C(NCC(=O)N1CCc2ccccc2C1)NCC(C)Cc1cccs1. The number of nitrogens with one attached hydrogen (secondary N) is 2. The van der Waals surface area contributed by atoms with Crippen LogP contribution in [0, 0.1) is 5.92 Å². The van der Waals surface area contributed by atoms with Crippen molar-refractivity contribution in [1.82, 2.24) is 15.5 Å². The molecule has 3 rings (SSSR count). The standard InChI is InChI=1S/C21H28N4OS/c1-16(12-19-8-5-11-27-19)13-23-21(22-2)24-14-20(26)25-10-9-17-6-3-4-7-18(17)15-25/h3-8,11,16H,9-10,12-15H2,1-2H3,(H2,22,23,24). The number of nitrogens with zero attached hydrogens (tertiary/aromatic N) is 2. The number of fused-ring (bicyclic) bond motifs is 1. The fourth-order valence-electron chi connectivity index (χ4n) is 3.32. The molecular weight excluding hydrogens is 356 g/mol. The normalized spacial score (nSPS) is 15.2. The van der Waals surface area contributed by atoms with E-state index < -0.39 is 0 Å². The Hall–Kier alpha value is -2.34. The van der Waals surface area contributed by atoms with Crippen molar-refractivity contribution in [2.75, 3.05) is 26.7 Å². The zero-order chi connectivity index (χ0) is 19.1. The molecule has 1 aliphatic rings. The molecule has 144 valence electrons. The minimum Gasteiger partial charge on any atom is -0.356 e. The molecule has 0 aliphatic carbocycles. The van der Waals surface area contributed by atoms with Crippen LogP contribution in [-0.4, -0.2) is 43.4 Å². The van der Waals surface area contributed by atoms with Gasteiger partial charge < -0.3 is 15.5 Å².